The molecule has 0 aromatic heterocycles. The van der Waals surface area contributed by atoms with Crippen molar-refractivity contribution in [2.75, 3.05) is 13.2 Å². The van der Waals surface area contributed by atoms with Crippen molar-refractivity contribution < 1.29 is 107 Å². The molecule has 1 heterocycles. The Morgan fingerprint density at radius 1 is 0.581 bits per heavy atom. The molecule has 4 rings (SSSR count). The number of aliphatic hydroxyl groups excluding tert-OH is 1. The Hall–Kier alpha value is -9.07. The average Bonchev–Trinajstić information content (AvgIpc) is 1.97. The fourth-order valence-corrected chi connectivity index (χ4v) is 10.4. The van der Waals surface area contributed by atoms with Crippen LogP contribution in [0.15, 0.2) is 78.9 Å². The fraction of sp³-hybridized carbons (Fsp3) is 0.500. The quantitative estimate of drug-likeness (QED) is 0.0287. The number of aliphatic carboxylic acids is 3. The van der Waals surface area contributed by atoms with Crippen molar-refractivity contribution >= 4 is 78.9 Å². The molecular weight excluding hydrogens is 1240 g/mol. The second kappa shape index (κ2) is 36.2. The van der Waals surface area contributed by atoms with E-state index in [4.69, 9.17) is 10.3 Å². The Balaban J connectivity index is 1.68. The summed E-state index contributed by atoms with van der Waals surface area (Å²) in [5.41, 5.74) is 6.87. The monoisotopic (exact) mass is 1330 g/mol. The summed E-state index contributed by atoms with van der Waals surface area (Å²) in [5.74, 6) is -15.5. The van der Waals surface area contributed by atoms with Crippen LogP contribution in [-0.2, 0) is 85.9 Å². The Labute approximate surface area is 534 Å². The van der Waals surface area contributed by atoms with Gasteiger partial charge in [0.1, 0.15) is 71.9 Å². The molecule has 510 valence electrons. The minimum atomic E-state index is -5.50. The van der Waals surface area contributed by atoms with Gasteiger partial charge in [0.05, 0.1) is 19.1 Å². The third kappa shape index (κ3) is 25.2. The van der Waals surface area contributed by atoms with E-state index < -0.39 is 183 Å². The average molecular weight is 1330 g/mol. The minimum absolute atomic E-state index is 0.0693. The maximum absolute atomic E-state index is 14.9. The lowest BCUT2D eigenvalue weighted by atomic mass is 9.96. The van der Waals surface area contributed by atoms with Crippen molar-refractivity contribution in [1.82, 2.24) is 47.4 Å². The third-order valence-electron chi connectivity index (χ3n) is 15.0. The van der Waals surface area contributed by atoms with Crippen LogP contribution in [0, 0.1) is 11.8 Å². The van der Waals surface area contributed by atoms with Gasteiger partial charge in [0, 0.05) is 32.2 Å². The van der Waals surface area contributed by atoms with Gasteiger partial charge < -0.3 is 93.6 Å². The molecule has 1 aliphatic heterocycles. The number of nitrogens with zero attached hydrogens (tertiary/aromatic N) is 1. The third-order valence-corrected chi connectivity index (χ3v) is 15.7. The Bertz CT molecular complexity index is 3150. The smallest absolute Gasteiger partial charge is 0.469 e. The number of phenols is 2. The molecule has 1 saturated heterocycles. The number of phosphoric acid groups is 1. The summed E-state index contributed by atoms with van der Waals surface area (Å²) in [5, 5.41) is 77.7. The van der Waals surface area contributed by atoms with Gasteiger partial charge in [-0.2, -0.15) is 0 Å². The summed E-state index contributed by atoms with van der Waals surface area (Å²) in [6, 6.07) is 2.35. The zero-order valence-electron chi connectivity index (χ0n) is 51.8. The number of rotatable bonds is 37. The van der Waals surface area contributed by atoms with Gasteiger partial charge >= 0.3 is 25.7 Å². The van der Waals surface area contributed by atoms with Crippen LogP contribution in [0.3, 0.4) is 0 Å². The number of nitrogens with two attached hydrogens (primary N) is 1. The zero-order chi connectivity index (χ0) is 69.4. The van der Waals surface area contributed by atoms with E-state index in [9.17, 15) is 103 Å². The highest BCUT2D eigenvalue weighted by Gasteiger charge is 2.44. The van der Waals surface area contributed by atoms with E-state index in [-0.39, 0.29) is 56.6 Å². The molecule has 0 aliphatic carbocycles. The van der Waals surface area contributed by atoms with Crippen LogP contribution >= 0.6 is 7.82 Å². The van der Waals surface area contributed by atoms with Gasteiger partial charge in [-0.05, 0) is 85.4 Å². The van der Waals surface area contributed by atoms with E-state index in [0.717, 1.165) is 11.8 Å². The number of likely N-dealkylation sites (tertiary alicyclic amines) is 1. The molecule has 0 spiro atoms. The van der Waals surface area contributed by atoms with Gasteiger partial charge in [-0.15, -0.1) is 0 Å². The second-order valence-electron chi connectivity index (χ2n) is 22.9. The molecule has 0 saturated carbocycles. The molecule has 12 atom stereocenters. The van der Waals surface area contributed by atoms with Crippen molar-refractivity contribution in [3.63, 3.8) is 0 Å². The molecule has 3 aromatic carbocycles. The normalized spacial score (nSPS) is 16.6. The molecule has 0 radical (unpaired) electrons. The number of carbonyl (C=O) groups excluding carboxylic acids is 9. The first-order chi connectivity index (χ1) is 43.7. The Morgan fingerprint density at radius 2 is 1.03 bits per heavy atom. The second-order valence-corrected chi connectivity index (χ2v) is 24.1. The summed E-state index contributed by atoms with van der Waals surface area (Å²) in [4.78, 5) is 184. The van der Waals surface area contributed by atoms with Crippen LogP contribution in [0.25, 0.3) is 0 Å². The number of carboxylic acid groups (broad SMARTS) is 3. The van der Waals surface area contributed by atoms with Gasteiger partial charge in [0.15, 0.2) is 0 Å². The summed E-state index contributed by atoms with van der Waals surface area (Å²) in [6.07, 6.45) is -5.21. The lowest BCUT2D eigenvalue weighted by Gasteiger charge is -2.33. The summed E-state index contributed by atoms with van der Waals surface area (Å²) in [6.45, 7) is 6.67. The first kappa shape index (κ1) is 76.4. The van der Waals surface area contributed by atoms with E-state index in [1.165, 1.54) is 48.5 Å². The van der Waals surface area contributed by atoms with Crippen molar-refractivity contribution in [3.05, 3.63) is 95.6 Å². The van der Waals surface area contributed by atoms with Crippen LogP contribution in [0.5, 0.6) is 11.5 Å². The largest absolute Gasteiger partial charge is 0.508 e. The molecular formula is C60H83N10O22P. The topological polar surface area (TPSA) is 518 Å². The lowest BCUT2D eigenvalue weighted by Crippen LogP contribution is -2.62. The van der Waals surface area contributed by atoms with E-state index in [2.05, 4.69) is 42.5 Å². The number of nitrogens with one attached hydrogen (secondary N) is 8. The van der Waals surface area contributed by atoms with Crippen LogP contribution in [0.2, 0.25) is 0 Å². The summed E-state index contributed by atoms with van der Waals surface area (Å²) in [7, 11) is -5.50. The first-order valence-corrected chi connectivity index (χ1v) is 31.3. The van der Waals surface area contributed by atoms with E-state index in [0.29, 0.717) is 23.1 Å². The molecule has 32 nitrogen and oxygen atoms in total. The number of carbonyl (C=O) groups is 12. The van der Waals surface area contributed by atoms with Gasteiger partial charge in [-0.1, -0.05) is 88.7 Å². The van der Waals surface area contributed by atoms with Crippen molar-refractivity contribution in [3.8, 4) is 11.5 Å². The molecule has 9 amide bonds. The highest BCUT2D eigenvalue weighted by atomic mass is 31.2. The standard InChI is InChI=1S/C60H83N10O22P/c1-6-32(4)49(68-51(78)39(61)30-71)58(85)66-43(28-36-16-20-38(73)21-17-36)54(81)65-44(26-34-11-8-7-9-12-34)56(83)69-50(33(5)92-93(89,90)91)59(86)70-24-10-13-46(70)57(84)62-40(22-23-47(74)75)52(79)63-41(25-31(2)3)53(80)64-42(27-35-14-18-37(72)19-15-35)55(82)67-45(60(87)88)29-48(76)77/h7-9,11-12,14-21,31-33,39-46,49-50,71-73H,6,10,13,22-30,61H2,1-5H3,(H,62,84)(H,63,79)(H,64,80)(H,65,81)(H,66,85)(H,67,82)(H,68,78)(H,69,83)(H,74,75)(H,76,77)(H,87,88)(H2,89,90,91)/t32-,33+,39-,40-,41-,42-,43-,44-,45-,46-,49-,50-/m0/s1. The Kier molecular flexibility index (Phi) is 29.8. The predicted molar refractivity (Wildman–Crippen MR) is 327 cm³/mol. The van der Waals surface area contributed by atoms with Crippen LogP contribution in [0.4, 0.5) is 0 Å². The lowest BCUT2D eigenvalue weighted by molar-refractivity contribution is -0.147. The molecule has 33 heteroatoms. The zero-order valence-corrected chi connectivity index (χ0v) is 52.7. The van der Waals surface area contributed by atoms with Crippen LogP contribution < -0.4 is 48.3 Å². The van der Waals surface area contributed by atoms with Gasteiger partial charge in [0.25, 0.3) is 0 Å². The number of carboxylic acids is 3. The molecule has 0 unspecified atom stereocenters. The highest BCUT2D eigenvalue weighted by Crippen LogP contribution is 2.38. The van der Waals surface area contributed by atoms with Crippen molar-refractivity contribution in [1.29, 1.82) is 0 Å². The molecule has 1 aliphatic rings. The van der Waals surface area contributed by atoms with E-state index in [1.54, 1.807) is 58.0 Å². The van der Waals surface area contributed by atoms with Gasteiger partial charge in [-0.3, -0.25) is 57.3 Å². The number of hydrogen-bond donors (Lipinski definition) is 17. The van der Waals surface area contributed by atoms with Crippen LogP contribution in [0.1, 0.15) is 96.3 Å². The molecule has 18 N–H and O–H groups in total. The molecule has 3 aromatic rings. The highest BCUT2D eigenvalue weighted by molar-refractivity contribution is 7.46. The van der Waals surface area contributed by atoms with Crippen molar-refractivity contribution in [2.24, 2.45) is 17.6 Å². The SMILES string of the molecule is CC[C@H](C)[C@H](NC(=O)[C@@H](N)CO)C(=O)N[C@@H](Cc1ccc(O)cc1)C(=O)N[C@@H](Cc1ccccc1)C(=O)N[C@H](C(=O)N1CCC[C@H]1C(=O)N[C@@H](CCC(=O)O)C(=O)N[C@@H](CC(C)C)C(=O)N[C@@H](Cc1ccc(O)cc1)C(=O)N[C@@H](CC(=O)O)C(=O)O)[C@@H](C)OP(=O)(O)O. The summed E-state index contributed by atoms with van der Waals surface area (Å²) < 4.78 is 17.3. The molecule has 0 bridgehead atoms. The van der Waals surface area contributed by atoms with Crippen LogP contribution in [-0.4, -0.2) is 196 Å². The molecule has 93 heavy (non-hydrogen) atoms. The predicted octanol–water partition coefficient (Wildman–Crippen LogP) is -1.67. The molecule has 1 fully saturated rings. The van der Waals surface area contributed by atoms with E-state index >= 15 is 0 Å². The maximum atomic E-state index is 14.9. The number of aliphatic hydroxyl groups is 1. The number of phenolic OH excluding ortho intramolecular Hbond substituents is 2. The number of amides is 9. The maximum Gasteiger partial charge on any atom is 0.469 e. The first-order valence-electron chi connectivity index (χ1n) is 29.8. The van der Waals surface area contributed by atoms with Crippen molar-refractivity contribution in [2.45, 2.75) is 165 Å². The number of phosphoric ester groups is 1. The van der Waals surface area contributed by atoms with Gasteiger partial charge in [0.2, 0.25) is 53.2 Å². The number of hydrogen-bond acceptors (Lipinski definition) is 18. The Morgan fingerprint density at radius 3 is 1.49 bits per heavy atom. The van der Waals surface area contributed by atoms with Gasteiger partial charge in [-0.25, -0.2) is 9.36 Å². The minimum Gasteiger partial charge on any atom is -0.508 e. The fourth-order valence-electron chi connectivity index (χ4n) is 9.88. The van der Waals surface area contributed by atoms with E-state index in [1.807, 2.05) is 0 Å². The number of benzene rings is 3. The number of aromatic hydroxyl groups is 2. The summed E-state index contributed by atoms with van der Waals surface area (Å²) >= 11 is 0.